The Morgan fingerprint density at radius 1 is 0.893 bits per heavy atom. The van der Waals surface area contributed by atoms with Crippen LogP contribution in [0.4, 0.5) is 0 Å². The van der Waals surface area contributed by atoms with E-state index >= 15 is 0 Å². The smallest absolute Gasteiger partial charge is 0.357 e. The maximum atomic E-state index is 12.4. The number of ether oxygens (including phenoxy) is 2. The third kappa shape index (κ3) is 9.34. The van der Waals surface area contributed by atoms with E-state index in [1.807, 2.05) is 13.8 Å². The Kier molecular flexibility index (Phi) is 12.2. The molecule has 28 heavy (non-hydrogen) atoms. The van der Waals surface area contributed by atoms with Gasteiger partial charge in [-0.15, -0.1) is 0 Å². The molecule has 0 aliphatic carbocycles. The zero-order valence-corrected chi connectivity index (χ0v) is 18.0. The summed E-state index contributed by atoms with van der Waals surface area (Å²) >= 11 is 0. The van der Waals surface area contributed by atoms with Crippen molar-refractivity contribution in [2.24, 2.45) is 5.92 Å². The molecule has 5 heteroatoms. The molecule has 1 aromatic heterocycles. The Morgan fingerprint density at radius 2 is 1.50 bits per heavy atom. The summed E-state index contributed by atoms with van der Waals surface area (Å²) in [5.74, 6) is -0.748. The molecule has 1 unspecified atom stereocenters. The van der Waals surface area contributed by atoms with Crippen LogP contribution in [0.15, 0.2) is 18.2 Å². The summed E-state index contributed by atoms with van der Waals surface area (Å²) in [6, 6.07) is 4.77. The quantitative estimate of drug-likeness (QED) is 0.289. The predicted molar refractivity (Wildman–Crippen MR) is 111 cm³/mol. The maximum absolute atomic E-state index is 12.4. The van der Waals surface area contributed by atoms with Crippen LogP contribution in [0.5, 0.6) is 0 Å². The minimum absolute atomic E-state index is 0.145. The van der Waals surface area contributed by atoms with Gasteiger partial charge in [0.05, 0.1) is 6.61 Å². The zero-order chi connectivity index (χ0) is 20.8. The molecule has 0 radical (unpaired) electrons. The van der Waals surface area contributed by atoms with Crippen LogP contribution in [-0.2, 0) is 9.47 Å². The molecule has 1 rings (SSSR count). The first-order valence-corrected chi connectivity index (χ1v) is 10.8. The van der Waals surface area contributed by atoms with Crippen LogP contribution in [0, 0.1) is 5.92 Å². The van der Waals surface area contributed by atoms with Crippen LogP contribution in [0.3, 0.4) is 0 Å². The fraction of sp³-hybridized carbons (Fsp3) is 0.696. The van der Waals surface area contributed by atoms with E-state index in [0.717, 1.165) is 25.7 Å². The molecule has 0 amide bonds. The number of aromatic nitrogens is 1. The van der Waals surface area contributed by atoms with Gasteiger partial charge in [0.25, 0.3) is 0 Å². The van der Waals surface area contributed by atoms with Crippen LogP contribution < -0.4 is 0 Å². The molecule has 0 aliphatic rings. The molecule has 0 saturated heterocycles. The van der Waals surface area contributed by atoms with E-state index in [-0.39, 0.29) is 23.4 Å². The predicted octanol–water partition coefficient (Wildman–Crippen LogP) is 5.97. The van der Waals surface area contributed by atoms with Gasteiger partial charge in [-0.1, -0.05) is 78.7 Å². The Hall–Kier alpha value is -1.91. The van der Waals surface area contributed by atoms with Gasteiger partial charge in [-0.3, -0.25) is 0 Å². The number of carbonyl (C=O) groups is 2. The molecule has 1 atom stereocenters. The Balaban J connectivity index is 2.46. The summed E-state index contributed by atoms with van der Waals surface area (Å²) < 4.78 is 10.9. The lowest BCUT2D eigenvalue weighted by Crippen LogP contribution is -2.24. The number of carbonyl (C=O) groups excluding carboxylic acids is 2. The van der Waals surface area contributed by atoms with E-state index in [0.29, 0.717) is 6.61 Å². The second-order valence-electron chi connectivity index (χ2n) is 7.64. The fourth-order valence-corrected chi connectivity index (χ4v) is 2.97. The Morgan fingerprint density at radius 3 is 2.11 bits per heavy atom. The second-order valence-corrected chi connectivity index (χ2v) is 7.64. The molecule has 0 bridgehead atoms. The highest BCUT2D eigenvalue weighted by atomic mass is 16.5. The Labute approximate surface area is 170 Å². The topological polar surface area (TPSA) is 65.5 Å². The first kappa shape index (κ1) is 24.1. The summed E-state index contributed by atoms with van der Waals surface area (Å²) in [5, 5.41) is 0. The van der Waals surface area contributed by atoms with Crippen molar-refractivity contribution in [2.75, 3.05) is 6.61 Å². The summed E-state index contributed by atoms with van der Waals surface area (Å²) in [6.45, 7) is 8.70. The molecular formula is C23H37NO4. The average Bonchev–Trinajstić information content (AvgIpc) is 2.69. The molecule has 0 fully saturated rings. The van der Waals surface area contributed by atoms with E-state index < -0.39 is 11.9 Å². The van der Waals surface area contributed by atoms with Crippen molar-refractivity contribution < 1.29 is 19.1 Å². The molecular weight excluding hydrogens is 354 g/mol. The van der Waals surface area contributed by atoms with Gasteiger partial charge in [0.1, 0.15) is 17.5 Å². The number of nitrogens with zero attached hydrogens (tertiary/aromatic N) is 1. The lowest BCUT2D eigenvalue weighted by molar-refractivity contribution is 0.0150. The van der Waals surface area contributed by atoms with E-state index in [1.54, 1.807) is 18.2 Å². The first-order chi connectivity index (χ1) is 13.5. The molecule has 1 heterocycles. The second kappa shape index (κ2) is 14.1. The van der Waals surface area contributed by atoms with Crippen molar-refractivity contribution in [3.63, 3.8) is 0 Å². The summed E-state index contributed by atoms with van der Waals surface area (Å²) in [5.41, 5.74) is 0.293. The highest BCUT2D eigenvalue weighted by Crippen LogP contribution is 2.15. The molecule has 0 aromatic carbocycles. The first-order valence-electron chi connectivity index (χ1n) is 10.8. The summed E-state index contributed by atoms with van der Waals surface area (Å²) in [6.07, 6.45) is 9.74. The third-order valence-corrected chi connectivity index (χ3v) is 4.72. The van der Waals surface area contributed by atoms with Crippen molar-refractivity contribution in [3.05, 3.63) is 29.6 Å². The monoisotopic (exact) mass is 391 g/mol. The number of rotatable bonds is 14. The number of esters is 2. The molecule has 5 nitrogen and oxygen atoms in total. The molecule has 0 saturated carbocycles. The SMILES string of the molecule is CCCCCCCCCOC(=O)c1cccc(C(=O)OC(CCC)C(C)C)n1. The molecule has 0 spiro atoms. The molecule has 0 aliphatic heterocycles. The minimum atomic E-state index is -0.492. The molecule has 1 aromatic rings. The van der Waals surface area contributed by atoms with Gasteiger partial charge < -0.3 is 9.47 Å². The standard InChI is InChI=1S/C23H37NO4/c1-5-7-8-9-10-11-12-17-27-22(25)19-15-13-16-20(24-19)23(26)28-21(14-6-2)18(3)4/h13,15-16,18,21H,5-12,14,17H2,1-4H3. The number of hydrogen-bond acceptors (Lipinski definition) is 5. The zero-order valence-electron chi connectivity index (χ0n) is 18.0. The van der Waals surface area contributed by atoms with Gasteiger partial charge in [0, 0.05) is 0 Å². The highest BCUT2D eigenvalue weighted by molar-refractivity contribution is 5.91. The third-order valence-electron chi connectivity index (χ3n) is 4.72. The summed E-state index contributed by atoms with van der Waals surface area (Å²) in [7, 11) is 0. The van der Waals surface area contributed by atoms with E-state index in [1.165, 1.54) is 32.1 Å². The van der Waals surface area contributed by atoms with Crippen molar-refractivity contribution in [1.82, 2.24) is 4.98 Å². The number of hydrogen-bond donors (Lipinski definition) is 0. The maximum Gasteiger partial charge on any atom is 0.357 e. The lowest BCUT2D eigenvalue weighted by atomic mass is 10.0. The largest absolute Gasteiger partial charge is 0.461 e. The van der Waals surface area contributed by atoms with Crippen LogP contribution in [0.2, 0.25) is 0 Å². The highest BCUT2D eigenvalue weighted by Gasteiger charge is 2.20. The average molecular weight is 392 g/mol. The van der Waals surface area contributed by atoms with Gasteiger partial charge in [-0.05, 0) is 30.9 Å². The van der Waals surface area contributed by atoms with Crippen LogP contribution >= 0.6 is 0 Å². The number of pyridine rings is 1. The van der Waals surface area contributed by atoms with Crippen molar-refractivity contribution in [1.29, 1.82) is 0 Å². The van der Waals surface area contributed by atoms with Crippen molar-refractivity contribution in [2.45, 2.75) is 91.6 Å². The van der Waals surface area contributed by atoms with Gasteiger partial charge in [-0.25, -0.2) is 14.6 Å². The minimum Gasteiger partial charge on any atom is -0.461 e. The van der Waals surface area contributed by atoms with E-state index in [4.69, 9.17) is 9.47 Å². The lowest BCUT2D eigenvalue weighted by Gasteiger charge is -2.20. The van der Waals surface area contributed by atoms with Crippen LogP contribution in [-0.4, -0.2) is 29.6 Å². The van der Waals surface area contributed by atoms with Gasteiger partial charge in [0.15, 0.2) is 0 Å². The Bertz CT molecular complexity index is 586. The van der Waals surface area contributed by atoms with E-state index in [2.05, 4.69) is 18.8 Å². The fourth-order valence-electron chi connectivity index (χ4n) is 2.97. The van der Waals surface area contributed by atoms with E-state index in [9.17, 15) is 9.59 Å². The normalized spacial score (nSPS) is 12.0. The van der Waals surface area contributed by atoms with Gasteiger partial charge in [-0.2, -0.15) is 0 Å². The number of unbranched alkanes of at least 4 members (excludes halogenated alkanes) is 6. The molecule has 158 valence electrons. The molecule has 0 N–H and O–H groups in total. The van der Waals surface area contributed by atoms with Gasteiger partial charge >= 0.3 is 11.9 Å². The van der Waals surface area contributed by atoms with Crippen LogP contribution in [0.25, 0.3) is 0 Å². The van der Waals surface area contributed by atoms with Crippen LogP contribution in [0.1, 0.15) is 106 Å². The van der Waals surface area contributed by atoms with Crippen molar-refractivity contribution >= 4 is 11.9 Å². The summed E-state index contributed by atoms with van der Waals surface area (Å²) in [4.78, 5) is 28.7. The van der Waals surface area contributed by atoms with Crippen molar-refractivity contribution in [3.8, 4) is 0 Å². The van der Waals surface area contributed by atoms with Gasteiger partial charge in [0.2, 0.25) is 0 Å².